The topological polar surface area (TPSA) is 70.1 Å². The van der Waals surface area contributed by atoms with Gasteiger partial charge in [-0.05, 0) is 55.2 Å². The van der Waals surface area contributed by atoms with Crippen molar-refractivity contribution in [1.29, 1.82) is 0 Å². The molecule has 160 valence electrons. The monoisotopic (exact) mass is 410 g/mol. The lowest BCUT2D eigenvalue weighted by atomic mass is 10.0. The van der Waals surface area contributed by atoms with E-state index in [0.717, 1.165) is 0 Å². The first-order valence-electron chi connectivity index (χ1n) is 10.5. The number of carbonyl (C=O) groups excluding carboxylic acids is 2. The maximum Gasteiger partial charge on any atom is 0.263 e. The molecule has 3 rings (SSSR count). The van der Waals surface area contributed by atoms with Crippen molar-refractivity contribution in [2.75, 3.05) is 26.2 Å². The molecule has 2 aromatic carbocycles. The predicted molar refractivity (Wildman–Crippen MR) is 116 cm³/mol. The maximum absolute atomic E-state index is 12.9. The Morgan fingerprint density at radius 2 is 1.60 bits per heavy atom. The van der Waals surface area contributed by atoms with Crippen molar-refractivity contribution < 1.29 is 19.4 Å². The average Bonchev–Trinajstić information content (AvgIpc) is 2.99. The third-order valence-corrected chi connectivity index (χ3v) is 5.40. The quantitative estimate of drug-likeness (QED) is 0.817. The number of benzene rings is 2. The number of amides is 2. The molecule has 1 saturated heterocycles. The minimum atomic E-state index is -0.594. The fourth-order valence-electron chi connectivity index (χ4n) is 3.61. The molecule has 0 bridgehead atoms. The number of rotatable bonds is 5. The van der Waals surface area contributed by atoms with E-state index in [2.05, 4.69) is 13.8 Å². The van der Waals surface area contributed by atoms with Crippen molar-refractivity contribution in [2.24, 2.45) is 0 Å². The summed E-state index contributed by atoms with van der Waals surface area (Å²) in [4.78, 5) is 29.1. The fourth-order valence-corrected chi connectivity index (χ4v) is 3.61. The molecule has 0 aromatic heterocycles. The molecule has 1 heterocycles. The second kappa shape index (κ2) is 9.65. The SMILES string of the molecule is CC(Oc1ccc(C(C)C)cc1)C(=O)N1CCCN(C(=O)c2cccc(O)c2)CC1. The zero-order valence-electron chi connectivity index (χ0n) is 17.9. The third kappa shape index (κ3) is 5.32. The molecule has 1 N–H and O–H groups in total. The molecule has 2 aromatic rings. The number of aromatic hydroxyl groups is 1. The molecule has 30 heavy (non-hydrogen) atoms. The number of carbonyl (C=O) groups is 2. The largest absolute Gasteiger partial charge is 0.508 e. The predicted octanol–water partition coefficient (Wildman–Crippen LogP) is 3.66. The summed E-state index contributed by atoms with van der Waals surface area (Å²) in [5.74, 6) is 0.987. The first-order valence-corrected chi connectivity index (χ1v) is 10.5. The molecule has 0 radical (unpaired) electrons. The number of ether oxygens (including phenoxy) is 1. The van der Waals surface area contributed by atoms with Gasteiger partial charge < -0.3 is 19.6 Å². The number of nitrogens with zero attached hydrogens (tertiary/aromatic N) is 2. The van der Waals surface area contributed by atoms with E-state index in [0.29, 0.717) is 49.8 Å². The highest BCUT2D eigenvalue weighted by molar-refractivity contribution is 5.94. The lowest BCUT2D eigenvalue weighted by Crippen LogP contribution is -2.43. The van der Waals surface area contributed by atoms with Crippen LogP contribution in [0.15, 0.2) is 48.5 Å². The summed E-state index contributed by atoms with van der Waals surface area (Å²) < 4.78 is 5.86. The molecule has 6 heteroatoms. The minimum Gasteiger partial charge on any atom is -0.508 e. The van der Waals surface area contributed by atoms with Crippen LogP contribution in [0.3, 0.4) is 0 Å². The van der Waals surface area contributed by atoms with E-state index in [1.807, 2.05) is 24.3 Å². The van der Waals surface area contributed by atoms with Gasteiger partial charge in [0.15, 0.2) is 6.10 Å². The van der Waals surface area contributed by atoms with Gasteiger partial charge in [0.25, 0.3) is 11.8 Å². The van der Waals surface area contributed by atoms with Crippen molar-refractivity contribution in [3.63, 3.8) is 0 Å². The highest BCUT2D eigenvalue weighted by Crippen LogP contribution is 2.20. The van der Waals surface area contributed by atoms with Crippen LogP contribution in [0.1, 0.15) is 49.0 Å². The number of phenolic OH excluding ortho intramolecular Hbond substituents is 1. The average molecular weight is 411 g/mol. The molecule has 1 aliphatic rings. The second-order valence-electron chi connectivity index (χ2n) is 8.01. The fraction of sp³-hybridized carbons (Fsp3) is 0.417. The summed E-state index contributed by atoms with van der Waals surface area (Å²) in [7, 11) is 0. The molecular formula is C24H30N2O4. The van der Waals surface area contributed by atoms with E-state index in [-0.39, 0.29) is 17.6 Å². The first kappa shape index (κ1) is 21.7. The Hall–Kier alpha value is -3.02. The van der Waals surface area contributed by atoms with E-state index in [9.17, 15) is 14.7 Å². The van der Waals surface area contributed by atoms with Crippen LogP contribution in [0.25, 0.3) is 0 Å². The van der Waals surface area contributed by atoms with Gasteiger partial charge in [-0.3, -0.25) is 9.59 Å². The molecule has 1 fully saturated rings. The molecule has 0 saturated carbocycles. The Morgan fingerprint density at radius 3 is 2.27 bits per heavy atom. The van der Waals surface area contributed by atoms with Gasteiger partial charge in [0.2, 0.25) is 0 Å². The molecule has 0 spiro atoms. The van der Waals surface area contributed by atoms with Crippen molar-refractivity contribution in [1.82, 2.24) is 9.80 Å². The lowest BCUT2D eigenvalue weighted by molar-refractivity contribution is -0.137. The van der Waals surface area contributed by atoms with Crippen molar-refractivity contribution in [3.05, 3.63) is 59.7 Å². The summed E-state index contributed by atoms with van der Waals surface area (Å²) in [6, 6.07) is 14.2. The molecule has 0 aliphatic carbocycles. The van der Waals surface area contributed by atoms with Crippen LogP contribution >= 0.6 is 0 Å². The van der Waals surface area contributed by atoms with Gasteiger partial charge in [0.05, 0.1) is 0 Å². The van der Waals surface area contributed by atoms with Crippen LogP contribution in [-0.4, -0.2) is 59.0 Å². The number of phenols is 1. The Balaban J connectivity index is 1.57. The molecule has 6 nitrogen and oxygen atoms in total. The maximum atomic E-state index is 12.9. The number of hydrogen-bond acceptors (Lipinski definition) is 4. The van der Waals surface area contributed by atoms with Gasteiger partial charge in [0.1, 0.15) is 11.5 Å². The molecule has 1 atom stereocenters. The smallest absolute Gasteiger partial charge is 0.263 e. The van der Waals surface area contributed by atoms with E-state index in [4.69, 9.17) is 4.74 Å². The van der Waals surface area contributed by atoms with E-state index < -0.39 is 6.10 Å². The van der Waals surface area contributed by atoms with Gasteiger partial charge in [-0.15, -0.1) is 0 Å². The normalized spacial score (nSPS) is 15.6. The summed E-state index contributed by atoms with van der Waals surface area (Å²) in [5.41, 5.74) is 1.68. The highest BCUT2D eigenvalue weighted by atomic mass is 16.5. The Bertz CT molecular complexity index is 879. The van der Waals surface area contributed by atoms with Gasteiger partial charge in [-0.1, -0.05) is 32.0 Å². The molecule has 1 unspecified atom stereocenters. The van der Waals surface area contributed by atoms with Crippen LogP contribution < -0.4 is 4.74 Å². The molecular weight excluding hydrogens is 380 g/mol. The minimum absolute atomic E-state index is 0.0693. The van der Waals surface area contributed by atoms with Gasteiger partial charge >= 0.3 is 0 Å². The van der Waals surface area contributed by atoms with Crippen molar-refractivity contribution in [2.45, 2.75) is 39.2 Å². The molecule has 2 amide bonds. The van der Waals surface area contributed by atoms with Gasteiger partial charge in [-0.25, -0.2) is 0 Å². The first-order chi connectivity index (χ1) is 14.3. The van der Waals surface area contributed by atoms with Crippen molar-refractivity contribution >= 4 is 11.8 Å². The van der Waals surface area contributed by atoms with Gasteiger partial charge in [-0.2, -0.15) is 0 Å². The standard InChI is InChI=1S/C24H30N2O4/c1-17(2)19-8-10-22(11-9-19)30-18(3)23(28)25-12-5-13-26(15-14-25)24(29)20-6-4-7-21(27)16-20/h4,6-11,16-18,27H,5,12-15H2,1-3H3. The van der Waals surface area contributed by atoms with Crippen LogP contribution in [0.2, 0.25) is 0 Å². The Kier molecular flexibility index (Phi) is 6.98. The van der Waals surface area contributed by atoms with E-state index in [1.54, 1.807) is 28.9 Å². The van der Waals surface area contributed by atoms with Crippen molar-refractivity contribution in [3.8, 4) is 11.5 Å². The zero-order chi connectivity index (χ0) is 21.7. The van der Waals surface area contributed by atoms with Gasteiger partial charge in [0, 0.05) is 31.7 Å². The highest BCUT2D eigenvalue weighted by Gasteiger charge is 2.26. The van der Waals surface area contributed by atoms with Crippen LogP contribution in [0.4, 0.5) is 0 Å². The zero-order valence-corrected chi connectivity index (χ0v) is 17.9. The third-order valence-electron chi connectivity index (χ3n) is 5.40. The van der Waals surface area contributed by atoms with E-state index >= 15 is 0 Å². The summed E-state index contributed by atoms with van der Waals surface area (Å²) >= 11 is 0. The van der Waals surface area contributed by atoms with Crippen LogP contribution in [0.5, 0.6) is 11.5 Å². The van der Waals surface area contributed by atoms with Crippen LogP contribution in [0, 0.1) is 0 Å². The van der Waals surface area contributed by atoms with E-state index in [1.165, 1.54) is 17.7 Å². The summed E-state index contributed by atoms with van der Waals surface area (Å²) in [6.07, 6.45) is 0.106. The number of hydrogen-bond donors (Lipinski definition) is 1. The Labute approximate surface area is 178 Å². The molecule has 1 aliphatic heterocycles. The second-order valence-corrected chi connectivity index (χ2v) is 8.01. The lowest BCUT2D eigenvalue weighted by Gasteiger charge is -2.25. The summed E-state index contributed by atoms with van der Waals surface area (Å²) in [6.45, 7) is 8.11. The van der Waals surface area contributed by atoms with Crippen LogP contribution in [-0.2, 0) is 4.79 Å². The summed E-state index contributed by atoms with van der Waals surface area (Å²) in [5, 5.41) is 9.62. The Morgan fingerprint density at radius 1 is 0.933 bits per heavy atom.